The number of amides is 10. The fraction of sp³-hybridized carbons (Fsp3) is 0.612. The first-order valence-electron chi connectivity index (χ1n) is 34.0. The van der Waals surface area contributed by atoms with Crippen molar-refractivity contribution in [3.63, 3.8) is 0 Å². The first kappa shape index (κ1) is 83.1. The number of nitrogens with zero attached hydrogens (tertiary/aromatic N) is 3. The van der Waals surface area contributed by atoms with Gasteiger partial charge >= 0.3 is 11.9 Å². The molecular formula is C67H99N13O19S2. The Morgan fingerprint density at radius 1 is 0.772 bits per heavy atom. The van der Waals surface area contributed by atoms with Crippen LogP contribution >= 0.6 is 23.5 Å². The quantitative estimate of drug-likeness (QED) is 0.0319. The van der Waals surface area contributed by atoms with E-state index in [1.54, 1.807) is 20.9 Å². The average molecular weight is 1450 g/mol. The summed E-state index contributed by atoms with van der Waals surface area (Å²) in [6.45, 7) is 5.50. The number of aldehydes is 1. The topological polar surface area (TPSA) is 488 Å². The third-order valence-corrected chi connectivity index (χ3v) is 19.1. The van der Waals surface area contributed by atoms with Crippen molar-refractivity contribution < 1.29 is 92.3 Å². The molecule has 3 aliphatic rings. The van der Waals surface area contributed by atoms with Gasteiger partial charge in [0.05, 0.1) is 31.2 Å². The number of hydrogen-bond donors (Lipinski definition) is 14. The summed E-state index contributed by atoms with van der Waals surface area (Å²) < 4.78 is 6.24. The number of carboxylic acids is 2. The number of nitrogens with one attached hydrogen (secondary N) is 8. The second-order valence-electron chi connectivity index (χ2n) is 25.6. The molecule has 2 fully saturated rings. The van der Waals surface area contributed by atoms with E-state index in [-0.39, 0.29) is 82.1 Å². The minimum atomic E-state index is -1.95. The van der Waals surface area contributed by atoms with Crippen molar-refractivity contribution in [2.75, 3.05) is 51.4 Å². The first-order chi connectivity index (χ1) is 48.2. The van der Waals surface area contributed by atoms with Crippen molar-refractivity contribution in [2.45, 2.75) is 202 Å². The number of nitrogens with two attached hydrogens (primary N) is 2. The summed E-state index contributed by atoms with van der Waals surface area (Å²) in [5.74, 6) is -9.84. The highest BCUT2D eigenvalue weighted by molar-refractivity contribution is 7.98. The van der Waals surface area contributed by atoms with Crippen LogP contribution in [0, 0.1) is 5.92 Å². The number of phenols is 1. The van der Waals surface area contributed by atoms with Crippen LogP contribution in [0.4, 0.5) is 0 Å². The largest absolute Gasteiger partial charge is 0.508 e. The molecule has 101 heavy (non-hydrogen) atoms. The Labute approximate surface area is 595 Å². The summed E-state index contributed by atoms with van der Waals surface area (Å²) in [5, 5.41) is 64.9. The van der Waals surface area contributed by atoms with Gasteiger partial charge in [0.25, 0.3) is 5.91 Å². The number of thioether (sulfide) groups is 2. The zero-order valence-electron chi connectivity index (χ0n) is 57.5. The molecule has 10 amide bonds. The zero-order chi connectivity index (χ0) is 74.1. The lowest BCUT2D eigenvalue weighted by Crippen LogP contribution is -2.62. The zero-order valence-corrected chi connectivity index (χ0v) is 59.2. The number of carbonyl (C=O) groups excluding carboxylic acids is 11. The lowest BCUT2D eigenvalue weighted by molar-refractivity contribution is -0.145. The van der Waals surface area contributed by atoms with E-state index >= 15 is 4.79 Å². The molecule has 0 aliphatic carbocycles. The molecule has 5 rings (SSSR count). The molecule has 0 saturated carbocycles. The maximum absolute atomic E-state index is 15.1. The Balaban J connectivity index is 1.36. The monoisotopic (exact) mass is 1450 g/mol. The summed E-state index contributed by atoms with van der Waals surface area (Å²) >= 11 is 2.80. The van der Waals surface area contributed by atoms with Gasteiger partial charge in [-0.25, -0.2) is 0 Å². The summed E-state index contributed by atoms with van der Waals surface area (Å²) in [4.78, 5) is 184. The number of benzene rings is 2. The third-order valence-electron chi connectivity index (χ3n) is 16.9. The maximum Gasteiger partial charge on any atom is 0.305 e. The number of aliphatic carboxylic acids is 2. The molecule has 32 nitrogen and oxygen atoms in total. The highest BCUT2D eigenvalue weighted by Crippen LogP contribution is 2.28. The van der Waals surface area contributed by atoms with Gasteiger partial charge in [0.2, 0.25) is 53.2 Å². The van der Waals surface area contributed by atoms with Crippen LogP contribution in [0.5, 0.6) is 11.5 Å². The number of ether oxygens (including phenoxy) is 1. The van der Waals surface area contributed by atoms with Gasteiger partial charge in [0, 0.05) is 48.9 Å². The van der Waals surface area contributed by atoms with Crippen molar-refractivity contribution in [3.8, 4) is 11.5 Å². The van der Waals surface area contributed by atoms with Gasteiger partial charge in [-0.2, -0.15) is 23.5 Å². The Hall–Kier alpha value is -8.60. The van der Waals surface area contributed by atoms with Crippen LogP contribution in [0.25, 0.3) is 0 Å². The highest BCUT2D eigenvalue weighted by Gasteiger charge is 2.43. The first-order valence-corrected chi connectivity index (χ1v) is 36.3. The standard InChI is InChI=1S/C67H99N13O19S2/c1-39(2)27-48(62(92)74-50(32-57(87)88)63(93)78-58(40(3)82)67(97)80-24-12-15-54(80)65(95)76-49(31-41-16-19-45(83)20-17-41)61(91)72-44(34-81)18-21-56(85)86)75-64(94)53-14-11-23-79(53)66(96)52-38-101-36-43-28-42(35-100-37-51(70-4)59(69)89)29-46(30-43)98-25-9-5-6-10-26-99-71-33-55(84)73-47(60(90)77-52)13-7-8-22-68/h16-17,19-20,28-30,33-34,39-40,44,47-54,58,70,82-83H,5-15,18,21-27,31-32,35-38,68H2,1-4H3,(H2,69,89)(H,72,91)(H,73,84)(H,74,92)(H,75,94)(H,76,95)(H,77,90)(H,78,93)(H,85,86)(H,87,88)/b71-33+/t40-,44+,47+,48+,49+,50+,51+,52+,53+,54+,58+/m1/s1. The number of aliphatic hydroxyl groups is 1. The van der Waals surface area contributed by atoms with E-state index < -0.39 is 150 Å². The minimum absolute atomic E-state index is 0.0316. The van der Waals surface area contributed by atoms with Gasteiger partial charge < -0.3 is 98.6 Å². The number of carboxylic acid groups (broad SMARTS) is 2. The second kappa shape index (κ2) is 43.3. The molecule has 2 aromatic rings. The molecule has 558 valence electrons. The van der Waals surface area contributed by atoms with E-state index in [4.69, 9.17) is 21.0 Å². The molecular weight excluding hydrogens is 1350 g/mol. The number of likely N-dealkylation sites (N-methyl/N-ethyl adjacent to an activating group) is 1. The third kappa shape index (κ3) is 28.4. The molecule has 3 heterocycles. The Bertz CT molecular complexity index is 3180. The van der Waals surface area contributed by atoms with Crippen LogP contribution in [0.1, 0.15) is 134 Å². The average Bonchev–Trinajstić information content (AvgIpc) is 1.70. The molecule has 3 aliphatic heterocycles. The summed E-state index contributed by atoms with van der Waals surface area (Å²) in [6, 6.07) is -2.08. The van der Waals surface area contributed by atoms with E-state index in [2.05, 4.69) is 47.7 Å². The van der Waals surface area contributed by atoms with Crippen molar-refractivity contribution in [2.24, 2.45) is 22.5 Å². The number of hydrogen-bond acceptors (Lipinski definition) is 22. The van der Waals surface area contributed by atoms with Crippen LogP contribution in [-0.4, -0.2) is 232 Å². The normalized spacial score (nSPS) is 20.3. The number of fused-ring (bicyclic) bond motifs is 2. The number of primary amides is 1. The molecule has 16 N–H and O–H groups in total. The number of carbonyl (C=O) groups is 13. The van der Waals surface area contributed by atoms with Crippen LogP contribution < -0.4 is 58.7 Å². The molecule has 2 aromatic carbocycles. The summed E-state index contributed by atoms with van der Waals surface area (Å²) in [5.41, 5.74) is 13.5. The van der Waals surface area contributed by atoms with Crippen molar-refractivity contribution in [1.82, 2.24) is 52.3 Å². The van der Waals surface area contributed by atoms with E-state index in [1.165, 1.54) is 52.7 Å². The molecule has 2 saturated heterocycles. The smallest absolute Gasteiger partial charge is 0.305 e. The highest BCUT2D eigenvalue weighted by atomic mass is 32.2. The van der Waals surface area contributed by atoms with E-state index in [0.717, 1.165) is 48.4 Å². The molecule has 2 bridgehead atoms. The fourth-order valence-corrected chi connectivity index (χ4v) is 13.6. The number of phenolic OH excluding ortho intramolecular Hbond substituents is 1. The van der Waals surface area contributed by atoms with Gasteiger partial charge in [0.15, 0.2) is 0 Å². The van der Waals surface area contributed by atoms with Crippen molar-refractivity contribution in [1.29, 1.82) is 0 Å². The van der Waals surface area contributed by atoms with Gasteiger partial charge in [-0.1, -0.05) is 37.2 Å². The van der Waals surface area contributed by atoms with Crippen molar-refractivity contribution >= 4 is 107 Å². The lowest BCUT2D eigenvalue weighted by Gasteiger charge is -2.32. The Morgan fingerprint density at radius 3 is 2.06 bits per heavy atom. The van der Waals surface area contributed by atoms with Crippen LogP contribution in [0.3, 0.4) is 0 Å². The Morgan fingerprint density at radius 2 is 1.43 bits per heavy atom. The van der Waals surface area contributed by atoms with E-state index in [1.807, 2.05) is 18.2 Å². The molecule has 0 spiro atoms. The summed E-state index contributed by atoms with van der Waals surface area (Å²) in [7, 11) is 1.65. The van der Waals surface area contributed by atoms with E-state index in [0.29, 0.717) is 73.7 Å². The van der Waals surface area contributed by atoms with Crippen molar-refractivity contribution in [3.05, 3.63) is 59.2 Å². The summed E-state index contributed by atoms with van der Waals surface area (Å²) in [6.07, 6.45) is 2.26. The van der Waals surface area contributed by atoms with Crippen LogP contribution in [0.2, 0.25) is 0 Å². The number of likely N-dealkylation sites (tertiary alicyclic amines) is 2. The number of oxime groups is 1. The maximum atomic E-state index is 15.1. The molecule has 11 atom stereocenters. The number of aromatic hydroxyl groups is 1. The second-order valence-corrected chi connectivity index (χ2v) is 27.6. The fourth-order valence-electron chi connectivity index (χ4n) is 11.6. The number of rotatable bonds is 33. The van der Waals surface area contributed by atoms with Crippen LogP contribution in [0.15, 0.2) is 47.6 Å². The van der Waals surface area contributed by atoms with Gasteiger partial charge in [-0.15, -0.1) is 0 Å². The lowest BCUT2D eigenvalue weighted by atomic mass is 10.0. The predicted molar refractivity (Wildman–Crippen MR) is 373 cm³/mol. The minimum Gasteiger partial charge on any atom is -0.508 e. The Kier molecular flexibility index (Phi) is 35.6. The van der Waals surface area contributed by atoms with E-state index in [9.17, 15) is 78.0 Å². The number of unbranched alkanes of at least 4 members (excludes halogenated alkanes) is 1. The van der Waals surface area contributed by atoms with Gasteiger partial charge in [-0.05, 0) is 151 Å². The molecule has 0 aromatic heterocycles. The van der Waals surface area contributed by atoms with Gasteiger partial charge in [-0.3, -0.25) is 57.5 Å². The molecule has 0 radical (unpaired) electrons. The van der Waals surface area contributed by atoms with Crippen LogP contribution in [-0.2, 0) is 85.1 Å². The molecule has 34 heteroatoms. The van der Waals surface area contributed by atoms with Gasteiger partial charge in [0.1, 0.15) is 78.9 Å². The predicted octanol–water partition coefficient (Wildman–Crippen LogP) is -0.400. The SMILES string of the molecule is CN[C@@H](CSCc1cc2cc(c1)OCCCCCCO/N=C/C(=O)N[C@@H](CCCCN)C(=O)N[C@H](C(=O)N1CCC[C@H]1C(=O)N[C@@H](CC(C)C)C(=O)N[C@@H](CC(=O)O)C(=O)N[C@H](C(=O)N1CCC[C@H]1C(=O)N[C@@H](Cc1ccc(O)cc1)C(=O)N[C@H](C=O)CCC(=O)O)[C@@H](C)O)CSC2)C(N)=O. The molecule has 0 unspecified atom stereocenters. The number of aliphatic hydroxyl groups excluding tert-OH is 1.